The van der Waals surface area contributed by atoms with Gasteiger partial charge in [0.05, 0.1) is 5.33 Å². The van der Waals surface area contributed by atoms with E-state index >= 15 is 0 Å². The van der Waals surface area contributed by atoms with Crippen molar-refractivity contribution in [3.63, 3.8) is 0 Å². The zero-order valence-corrected chi connectivity index (χ0v) is 12.7. The molecule has 90 valence electrons. The fourth-order valence-corrected chi connectivity index (χ4v) is 2.66. The number of benzene rings is 1. The van der Waals surface area contributed by atoms with Crippen LogP contribution in [0.15, 0.2) is 28.7 Å². The molecule has 0 atom stereocenters. The quantitative estimate of drug-likeness (QED) is 0.782. The Labute approximate surface area is 118 Å². The number of hydrogen-bond donors (Lipinski definition) is 0. The van der Waals surface area contributed by atoms with Gasteiger partial charge < -0.3 is 4.57 Å². The van der Waals surface area contributed by atoms with Crippen LogP contribution in [0.5, 0.6) is 0 Å². The third kappa shape index (κ3) is 2.96. The second-order valence-corrected chi connectivity index (χ2v) is 5.19. The highest BCUT2D eigenvalue weighted by Crippen LogP contribution is 2.15. The molecule has 0 amide bonds. The Morgan fingerprint density at radius 1 is 1.24 bits per heavy atom. The Balaban J connectivity index is 2.27. The van der Waals surface area contributed by atoms with Crippen LogP contribution in [0.4, 0.5) is 0 Å². The van der Waals surface area contributed by atoms with Gasteiger partial charge >= 0.3 is 0 Å². The summed E-state index contributed by atoms with van der Waals surface area (Å²) in [4.78, 5) is 0. The number of hydrogen-bond acceptors (Lipinski definition) is 2. The zero-order chi connectivity index (χ0) is 12.3. The van der Waals surface area contributed by atoms with E-state index in [0.29, 0.717) is 0 Å². The number of nitrogens with zero attached hydrogens (tertiary/aromatic N) is 3. The molecule has 0 aliphatic heterocycles. The Hall–Kier alpha value is -0.680. The number of halogens is 2. The van der Waals surface area contributed by atoms with Gasteiger partial charge in [0.2, 0.25) is 0 Å². The van der Waals surface area contributed by atoms with Crippen molar-refractivity contribution in [3.8, 4) is 0 Å². The highest BCUT2D eigenvalue weighted by molar-refractivity contribution is 9.10. The molecular formula is C12H13Br2N3. The lowest BCUT2D eigenvalue weighted by Crippen LogP contribution is -2.05. The molecular weight excluding hydrogens is 346 g/mol. The van der Waals surface area contributed by atoms with E-state index in [1.807, 2.05) is 12.1 Å². The minimum absolute atomic E-state index is 0.742. The summed E-state index contributed by atoms with van der Waals surface area (Å²) < 4.78 is 3.24. The van der Waals surface area contributed by atoms with E-state index in [4.69, 9.17) is 0 Å². The van der Waals surface area contributed by atoms with Gasteiger partial charge in [-0.2, -0.15) is 0 Å². The average molecular weight is 359 g/mol. The van der Waals surface area contributed by atoms with Gasteiger partial charge in [0.25, 0.3) is 0 Å². The molecule has 17 heavy (non-hydrogen) atoms. The van der Waals surface area contributed by atoms with E-state index in [1.54, 1.807) is 0 Å². The van der Waals surface area contributed by atoms with E-state index in [1.165, 1.54) is 5.56 Å². The highest BCUT2D eigenvalue weighted by Gasteiger charge is 2.10. The van der Waals surface area contributed by atoms with Crippen LogP contribution in [0.3, 0.4) is 0 Å². The SMILES string of the molecule is CCn1c(CBr)nnc1Cc1cccc(Br)c1. The van der Waals surface area contributed by atoms with Gasteiger partial charge in [-0.15, -0.1) is 10.2 Å². The molecule has 0 bridgehead atoms. The standard InChI is InChI=1S/C12H13Br2N3/c1-2-17-11(15-16-12(17)8-13)7-9-4-3-5-10(14)6-9/h3-6H,2,7-8H2,1H3. The van der Waals surface area contributed by atoms with Crippen LogP contribution in [0, 0.1) is 0 Å². The molecule has 0 saturated carbocycles. The Morgan fingerprint density at radius 2 is 2.00 bits per heavy atom. The summed E-state index contributed by atoms with van der Waals surface area (Å²) in [6.45, 7) is 3.01. The lowest BCUT2D eigenvalue weighted by molar-refractivity contribution is 0.688. The lowest BCUT2D eigenvalue weighted by Gasteiger charge is -2.06. The normalized spacial score (nSPS) is 10.8. The Bertz CT molecular complexity index is 508. The first-order valence-corrected chi connectivity index (χ1v) is 7.37. The minimum atomic E-state index is 0.742. The molecule has 0 radical (unpaired) electrons. The van der Waals surface area contributed by atoms with Crippen LogP contribution in [-0.4, -0.2) is 14.8 Å². The van der Waals surface area contributed by atoms with Gasteiger partial charge in [-0.1, -0.05) is 44.0 Å². The smallest absolute Gasteiger partial charge is 0.143 e. The van der Waals surface area contributed by atoms with Gasteiger partial charge in [0.1, 0.15) is 11.6 Å². The van der Waals surface area contributed by atoms with Gasteiger partial charge in [-0.3, -0.25) is 0 Å². The topological polar surface area (TPSA) is 30.7 Å². The van der Waals surface area contributed by atoms with Gasteiger partial charge in [0.15, 0.2) is 0 Å². The lowest BCUT2D eigenvalue weighted by atomic mass is 10.1. The average Bonchev–Trinajstić information content (AvgIpc) is 2.71. The third-order valence-corrected chi connectivity index (χ3v) is 3.59. The van der Waals surface area contributed by atoms with E-state index in [-0.39, 0.29) is 0 Å². The summed E-state index contributed by atoms with van der Waals surface area (Å²) in [5.41, 5.74) is 1.24. The third-order valence-electron chi connectivity index (χ3n) is 2.59. The maximum atomic E-state index is 4.25. The van der Waals surface area contributed by atoms with Crippen molar-refractivity contribution in [2.24, 2.45) is 0 Å². The summed E-state index contributed by atoms with van der Waals surface area (Å²) in [6, 6.07) is 8.28. The molecule has 5 heteroatoms. The molecule has 0 spiro atoms. The van der Waals surface area contributed by atoms with E-state index in [2.05, 4.69) is 65.7 Å². The Kier molecular flexibility index (Phi) is 4.34. The molecule has 0 N–H and O–H groups in total. The van der Waals surface area contributed by atoms with Crippen LogP contribution >= 0.6 is 31.9 Å². The summed E-state index contributed by atoms with van der Waals surface area (Å²) in [7, 11) is 0. The Morgan fingerprint density at radius 3 is 2.65 bits per heavy atom. The summed E-state index contributed by atoms with van der Waals surface area (Å²) >= 11 is 6.91. The largest absolute Gasteiger partial charge is 0.314 e. The monoisotopic (exact) mass is 357 g/mol. The molecule has 0 aliphatic carbocycles. The number of rotatable bonds is 4. The van der Waals surface area contributed by atoms with E-state index in [9.17, 15) is 0 Å². The number of aromatic nitrogens is 3. The predicted octanol–water partition coefficient (Wildman–Crippen LogP) is 3.55. The van der Waals surface area contributed by atoms with Crippen molar-refractivity contribution in [3.05, 3.63) is 46.0 Å². The van der Waals surface area contributed by atoms with E-state index in [0.717, 1.165) is 34.4 Å². The molecule has 0 unspecified atom stereocenters. The predicted molar refractivity (Wildman–Crippen MR) is 75.3 cm³/mol. The van der Waals surface area contributed by atoms with Crippen molar-refractivity contribution in [1.82, 2.24) is 14.8 Å². The van der Waals surface area contributed by atoms with Gasteiger partial charge in [0, 0.05) is 17.4 Å². The maximum absolute atomic E-state index is 4.25. The first-order chi connectivity index (χ1) is 8.24. The fraction of sp³-hybridized carbons (Fsp3) is 0.333. The molecule has 1 heterocycles. The minimum Gasteiger partial charge on any atom is -0.314 e. The summed E-state index contributed by atoms with van der Waals surface area (Å²) in [6.07, 6.45) is 0.813. The van der Waals surface area contributed by atoms with Crippen molar-refractivity contribution in [2.45, 2.75) is 25.2 Å². The second-order valence-electron chi connectivity index (χ2n) is 3.72. The molecule has 0 aliphatic rings. The zero-order valence-electron chi connectivity index (χ0n) is 9.53. The summed E-state index contributed by atoms with van der Waals surface area (Å²) in [5, 5.41) is 9.17. The molecule has 3 nitrogen and oxygen atoms in total. The van der Waals surface area contributed by atoms with Crippen molar-refractivity contribution >= 4 is 31.9 Å². The first-order valence-electron chi connectivity index (χ1n) is 5.46. The molecule has 0 saturated heterocycles. The first kappa shape index (κ1) is 12.8. The van der Waals surface area contributed by atoms with Crippen molar-refractivity contribution in [2.75, 3.05) is 0 Å². The number of alkyl halides is 1. The molecule has 1 aromatic heterocycles. The summed E-state index contributed by atoms with van der Waals surface area (Å²) in [5.74, 6) is 2.00. The molecule has 1 aromatic carbocycles. The molecule has 2 rings (SSSR count). The van der Waals surface area contributed by atoms with Crippen molar-refractivity contribution in [1.29, 1.82) is 0 Å². The van der Waals surface area contributed by atoms with Crippen LogP contribution in [0.2, 0.25) is 0 Å². The van der Waals surface area contributed by atoms with Gasteiger partial charge in [-0.25, -0.2) is 0 Å². The highest BCUT2D eigenvalue weighted by atomic mass is 79.9. The van der Waals surface area contributed by atoms with Crippen LogP contribution in [0.25, 0.3) is 0 Å². The van der Waals surface area contributed by atoms with E-state index < -0.39 is 0 Å². The van der Waals surface area contributed by atoms with Crippen LogP contribution in [0.1, 0.15) is 24.1 Å². The molecule has 0 fully saturated rings. The van der Waals surface area contributed by atoms with Gasteiger partial charge in [-0.05, 0) is 24.6 Å². The fourth-order valence-electron chi connectivity index (χ4n) is 1.80. The molecule has 2 aromatic rings. The van der Waals surface area contributed by atoms with Crippen LogP contribution < -0.4 is 0 Å². The second kappa shape index (κ2) is 5.78. The maximum Gasteiger partial charge on any atom is 0.143 e. The van der Waals surface area contributed by atoms with Crippen LogP contribution in [-0.2, 0) is 18.3 Å². The van der Waals surface area contributed by atoms with Crippen molar-refractivity contribution < 1.29 is 0 Å².